The normalized spacial score (nSPS) is 16.9. The van der Waals surface area contributed by atoms with Gasteiger partial charge in [0.2, 0.25) is 27.6 Å². The highest BCUT2D eigenvalue weighted by Crippen LogP contribution is 2.27. The zero-order valence-electron chi connectivity index (χ0n) is 17.6. The van der Waals surface area contributed by atoms with Crippen LogP contribution in [0.2, 0.25) is 0 Å². The average Bonchev–Trinajstić information content (AvgIpc) is 3.58. The Balaban J connectivity index is 1.15. The van der Waals surface area contributed by atoms with Gasteiger partial charge in [-0.15, -0.1) is 0 Å². The van der Waals surface area contributed by atoms with Crippen LogP contribution in [0.15, 0.2) is 44.4 Å². The number of thiophene rings is 1. The lowest BCUT2D eigenvalue weighted by molar-refractivity contribution is -0.132. The molecule has 2 aromatic heterocycles. The standard InChI is InChI=1S/C22H24N4O4S2/c27-21(7-6-20-23-22(24-30-20)18-8-13-31-15-18)25-9-11-26(12-10-25)32(28,29)19-5-4-16-2-1-3-17(16)14-19/h4-5,8,13-15H,1-3,6-7,9-12H2. The highest BCUT2D eigenvalue weighted by molar-refractivity contribution is 7.89. The molecule has 0 bridgehead atoms. The van der Waals surface area contributed by atoms with Gasteiger partial charge in [-0.2, -0.15) is 20.6 Å². The number of aromatic nitrogens is 2. The first-order valence-electron chi connectivity index (χ1n) is 10.8. The van der Waals surface area contributed by atoms with Gasteiger partial charge in [0.25, 0.3) is 0 Å². The molecule has 1 fully saturated rings. The van der Waals surface area contributed by atoms with Gasteiger partial charge < -0.3 is 9.42 Å². The fourth-order valence-electron chi connectivity index (χ4n) is 4.27. The Morgan fingerprint density at radius 1 is 1.09 bits per heavy atom. The van der Waals surface area contributed by atoms with Gasteiger partial charge in [0.1, 0.15) is 0 Å². The number of carbonyl (C=O) groups excluding carboxylic acids is 1. The maximum atomic E-state index is 13.1. The largest absolute Gasteiger partial charge is 0.340 e. The van der Waals surface area contributed by atoms with E-state index in [4.69, 9.17) is 4.52 Å². The molecule has 0 unspecified atom stereocenters. The monoisotopic (exact) mass is 472 g/mol. The van der Waals surface area contributed by atoms with E-state index in [-0.39, 0.29) is 12.3 Å². The molecule has 168 valence electrons. The van der Waals surface area contributed by atoms with E-state index in [0.29, 0.717) is 49.2 Å². The lowest BCUT2D eigenvalue weighted by Gasteiger charge is -2.34. The molecule has 0 N–H and O–H groups in total. The molecule has 5 rings (SSSR count). The van der Waals surface area contributed by atoms with Crippen LogP contribution in [-0.4, -0.2) is 59.8 Å². The number of hydrogen-bond acceptors (Lipinski definition) is 7. The van der Waals surface area contributed by atoms with Crippen LogP contribution >= 0.6 is 11.3 Å². The highest BCUT2D eigenvalue weighted by Gasteiger charge is 2.31. The SMILES string of the molecule is O=C(CCc1nc(-c2ccsc2)no1)N1CCN(S(=O)(=O)c2ccc3c(c2)CCC3)CC1. The highest BCUT2D eigenvalue weighted by atomic mass is 32.2. The van der Waals surface area contributed by atoms with E-state index in [1.165, 1.54) is 9.87 Å². The maximum absolute atomic E-state index is 13.1. The minimum atomic E-state index is -3.54. The molecular weight excluding hydrogens is 448 g/mol. The van der Waals surface area contributed by atoms with Crippen molar-refractivity contribution in [2.24, 2.45) is 0 Å². The number of hydrogen-bond donors (Lipinski definition) is 0. The number of aryl methyl sites for hydroxylation is 3. The Morgan fingerprint density at radius 2 is 1.91 bits per heavy atom. The molecule has 1 aromatic carbocycles. The second-order valence-electron chi connectivity index (χ2n) is 8.09. The van der Waals surface area contributed by atoms with Crippen LogP contribution in [0.1, 0.15) is 29.9 Å². The van der Waals surface area contributed by atoms with Gasteiger partial charge in [-0.3, -0.25) is 4.79 Å². The van der Waals surface area contributed by atoms with Gasteiger partial charge in [0, 0.05) is 50.0 Å². The zero-order valence-corrected chi connectivity index (χ0v) is 19.2. The predicted octanol–water partition coefficient (Wildman–Crippen LogP) is 2.75. The van der Waals surface area contributed by atoms with Gasteiger partial charge in [0.05, 0.1) is 4.90 Å². The van der Waals surface area contributed by atoms with Crippen molar-refractivity contribution in [2.45, 2.75) is 37.0 Å². The summed E-state index contributed by atoms with van der Waals surface area (Å²) in [6.07, 6.45) is 3.66. The summed E-state index contributed by atoms with van der Waals surface area (Å²) < 4.78 is 32.9. The Bertz CT molecular complexity index is 1210. The summed E-state index contributed by atoms with van der Waals surface area (Å²) in [5.41, 5.74) is 3.29. The lowest BCUT2D eigenvalue weighted by atomic mass is 10.1. The second kappa shape index (κ2) is 8.76. The van der Waals surface area contributed by atoms with E-state index >= 15 is 0 Å². The van der Waals surface area contributed by atoms with Gasteiger partial charge in [-0.05, 0) is 54.0 Å². The van der Waals surface area contributed by atoms with E-state index in [1.807, 2.05) is 29.0 Å². The molecule has 1 amide bonds. The number of sulfonamides is 1. The van der Waals surface area contributed by atoms with Crippen molar-refractivity contribution in [3.05, 3.63) is 52.0 Å². The number of amides is 1. The molecule has 1 saturated heterocycles. The molecule has 0 spiro atoms. The van der Waals surface area contributed by atoms with Gasteiger partial charge in [-0.25, -0.2) is 8.42 Å². The quantitative estimate of drug-likeness (QED) is 0.547. The minimum absolute atomic E-state index is 0.0325. The van der Waals surface area contributed by atoms with Crippen molar-refractivity contribution in [3.8, 4) is 11.4 Å². The molecule has 0 radical (unpaired) electrons. The lowest BCUT2D eigenvalue weighted by Crippen LogP contribution is -2.50. The van der Waals surface area contributed by atoms with Crippen molar-refractivity contribution in [3.63, 3.8) is 0 Å². The smallest absolute Gasteiger partial charge is 0.243 e. The number of piperazine rings is 1. The molecule has 8 nitrogen and oxygen atoms in total. The molecule has 1 aliphatic carbocycles. The molecule has 1 aliphatic heterocycles. The van der Waals surface area contributed by atoms with Gasteiger partial charge in [0.15, 0.2) is 0 Å². The van der Waals surface area contributed by atoms with Gasteiger partial charge >= 0.3 is 0 Å². The molecule has 0 saturated carbocycles. The number of carbonyl (C=O) groups is 1. The summed E-state index contributed by atoms with van der Waals surface area (Å²) in [5.74, 6) is 0.923. The minimum Gasteiger partial charge on any atom is -0.340 e. The van der Waals surface area contributed by atoms with Crippen molar-refractivity contribution < 1.29 is 17.7 Å². The molecule has 32 heavy (non-hydrogen) atoms. The average molecular weight is 473 g/mol. The van der Waals surface area contributed by atoms with Crippen LogP contribution < -0.4 is 0 Å². The zero-order chi connectivity index (χ0) is 22.1. The van der Waals surface area contributed by atoms with Crippen molar-refractivity contribution in [1.82, 2.24) is 19.3 Å². The summed E-state index contributed by atoms with van der Waals surface area (Å²) in [5, 5.41) is 7.84. The fraction of sp³-hybridized carbons (Fsp3) is 0.409. The van der Waals surface area contributed by atoms with E-state index in [1.54, 1.807) is 22.3 Å². The topological polar surface area (TPSA) is 96.6 Å². The first kappa shape index (κ1) is 21.3. The number of rotatable bonds is 6. The van der Waals surface area contributed by atoms with E-state index in [9.17, 15) is 13.2 Å². The number of benzene rings is 1. The first-order chi connectivity index (χ1) is 15.5. The van der Waals surface area contributed by atoms with E-state index in [0.717, 1.165) is 30.4 Å². The third-order valence-electron chi connectivity index (χ3n) is 6.10. The van der Waals surface area contributed by atoms with Crippen LogP contribution in [0.25, 0.3) is 11.4 Å². The third kappa shape index (κ3) is 4.22. The molecule has 3 heterocycles. The van der Waals surface area contributed by atoms with Crippen LogP contribution in [0.5, 0.6) is 0 Å². The van der Waals surface area contributed by atoms with Crippen molar-refractivity contribution in [1.29, 1.82) is 0 Å². The predicted molar refractivity (Wildman–Crippen MR) is 120 cm³/mol. The summed E-state index contributed by atoms with van der Waals surface area (Å²) in [6.45, 7) is 1.36. The Morgan fingerprint density at radius 3 is 2.69 bits per heavy atom. The molecule has 3 aromatic rings. The van der Waals surface area contributed by atoms with Crippen molar-refractivity contribution >= 4 is 27.3 Å². The Labute approximate surface area is 190 Å². The van der Waals surface area contributed by atoms with Crippen LogP contribution in [0.3, 0.4) is 0 Å². The second-order valence-corrected chi connectivity index (χ2v) is 10.8. The Hall–Kier alpha value is -2.56. The summed E-state index contributed by atoms with van der Waals surface area (Å²) in [4.78, 5) is 19.0. The third-order valence-corrected chi connectivity index (χ3v) is 8.68. The molecule has 0 atom stereocenters. The summed E-state index contributed by atoms with van der Waals surface area (Å²) >= 11 is 1.56. The fourth-order valence-corrected chi connectivity index (χ4v) is 6.38. The van der Waals surface area contributed by atoms with Crippen LogP contribution in [0, 0.1) is 0 Å². The molecular formula is C22H24N4O4S2. The van der Waals surface area contributed by atoms with Crippen LogP contribution in [-0.2, 0) is 34.1 Å². The number of fused-ring (bicyclic) bond motifs is 1. The van der Waals surface area contributed by atoms with E-state index < -0.39 is 10.0 Å². The van der Waals surface area contributed by atoms with Crippen molar-refractivity contribution in [2.75, 3.05) is 26.2 Å². The first-order valence-corrected chi connectivity index (χ1v) is 13.1. The maximum Gasteiger partial charge on any atom is 0.243 e. The molecule has 10 heteroatoms. The summed E-state index contributed by atoms with van der Waals surface area (Å²) in [7, 11) is -3.54. The summed E-state index contributed by atoms with van der Waals surface area (Å²) in [6, 6.07) is 7.40. The number of nitrogens with zero attached hydrogens (tertiary/aromatic N) is 4. The van der Waals surface area contributed by atoms with E-state index in [2.05, 4.69) is 10.1 Å². The van der Waals surface area contributed by atoms with Gasteiger partial charge in [-0.1, -0.05) is 11.2 Å². The van der Waals surface area contributed by atoms with Crippen LogP contribution in [0.4, 0.5) is 0 Å². The Kier molecular flexibility index (Phi) is 5.83. The molecule has 2 aliphatic rings.